The molecular weight excluding hydrogens is 495 g/mol. The molecule has 6 nitrogen and oxygen atoms in total. The van der Waals surface area contributed by atoms with Crippen LogP contribution in [-0.2, 0) is 4.74 Å². The standard InChI is InChI=1S/C23H36F7N5O/c24-15-7-6-11-3-1-4-12-5-2-8-35(12)19-14(22(25,26)27)10-16(31)18(32-19)21-34-33-20(36-21)17(13(15)9-11)23(28,29)30/h11-21,32-34H,1-10,31H2/t11?,12-,13?,14?,15?,16?,17-,18?,19?,20?,21?/m0/s1. The number of fused-ring (bicyclic) bond motifs is 9. The maximum Gasteiger partial charge on any atom is 0.396 e. The molecule has 4 heterocycles. The molecule has 0 spiro atoms. The van der Waals surface area contributed by atoms with E-state index >= 15 is 0 Å². The molecule has 13 heteroatoms. The van der Waals surface area contributed by atoms with Crippen LogP contribution in [-0.4, -0.2) is 66.7 Å². The molecule has 4 aliphatic heterocycles. The molecule has 0 radical (unpaired) electrons. The van der Waals surface area contributed by atoms with Crippen LogP contribution in [0.15, 0.2) is 0 Å². The van der Waals surface area contributed by atoms with E-state index in [9.17, 15) is 30.7 Å². The number of nitrogens with two attached hydrogens (primary N) is 1. The van der Waals surface area contributed by atoms with Gasteiger partial charge in [-0.3, -0.25) is 10.2 Å². The normalized spacial score (nSPS) is 47.2. The number of alkyl halides is 7. The van der Waals surface area contributed by atoms with Crippen LogP contribution in [0.25, 0.3) is 0 Å². The lowest BCUT2D eigenvalue weighted by molar-refractivity contribution is -0.236. The third-order valence-corrected chi connectivity index (χ3v) is 9.16. The first-order valence-electron chi connectivity index (χ1n) is 13.1. The number of hydrazine groups is 1. The molecule has 0 aromatic heterocycles. The predicted molar refractivity (Wildman–Crippen MR) is 117 cm³/mol. The molecule has 9 unspecified atom stereocenters. The highest BCUT2D eigenvalue weighted by Crippen LogP contribution is 2.47. The van der Waals surface area contributed by atoms with E-state index in [0.717, 1.165) is 12.8 Å². The zero-order valence-corrected chi connectivity index (χ0v) is 20.0. The Morgan fingerprint density at radius 1 is 0.833 bits per heavy atom. The Hall–Kier alpha value is -0.730. The summed E-state index contributed by atoms with van der Waals surface area (Å²) in [6.07, 6.45) is -10.5. The van der Waals surface area contributed by atoms with E-state index in [-0.39, 0.29) is 31.2 Å². The van der Waals surface area contributed by atoms with Gasteiger partial charge in [-0.15, -0.1) is 0 Å². The van der Waals surface area contributed by atoms with Gasteiger partial charge in [-0.1, -0.05) is 12.8 Å². The van der Waals surface area contributed by atoms with E-state index in [0.29, 0.717) is 32.2 Å². The second-order valence-corrected chi connectivity index (χ2v) is 11.3. The second-order valence-electron chi connectivity index (χ2n) is 11.3. The minimum absolute atomic E-state index is 0.0491. The molecular formula is C23H36F7N5O. The molecule has 11 atom stereocenters. The van der Waals surface area contributed by atoms with Gasteiger partial charge in [0.25, 0.3) is 0 Å². The summed E-state index contributed by atoms with van der Waals surface area (Å²) >= 11 is 0. The van der Waals surface area contributed by atoms with E-state index < -0.39 is 67.0 Å². The van der Waals surface area contributed by atoms with E-state index in [1.807, 2.05) is 4.90 Å². The van der Waals surface area contributed by atoms with Crippen LogP contribution < -0.4 is 21.9 Å². The molecule has 6 bridgehead atoms. The van der Waals surface area contributed by atoms with Crippen molar-refractivity contribution in [1.82, 2.24) is 21.1 Å². The molecule has 1 saturated carbocycles. The van der Waals surface area contributed by atoms with Crippen molar-refractivity contribution in [3.63, 3.8) is 0 Å². The van der Waals surface area contributed by atoms with Crippen molar-refractivity contribution in [1.29, 1.82) is 0 Å². The summed E-state index contributed by atoms with van der Waals surface area (Å²) in [5.41, 5.74) is 11.4. The Balaban J connectivity index is 1.47. The number of rotatable bonds is 0. The van der Waals surface area contributed by atoms with Gasteiger partial charge in [0.15, 0.2) is 0 Å². The molecule has 5 rings (SSSR count). The Kier molecular flexibility index (Phi) is 7.54. The summed E-state index contributed by atoms with van der Waals surface area (Å²) in [5, 5.41) is 3.04. The number of nitrogens with zero attached hydrogens (tertiary/aromatic N) is 1. The average molecular weight is 532 g/mol. The van der Waals surface area contributed by atoms with Gasteiger partial charge in [0.2, 0.25) is 0 Å². The number of halogens is 7. The molecule has 5 aliphatic rings. The van der Waals surface area contributed by atoms with Crippen molar-refractivity contribution in [3.05, 3.63) is 0 Å². The van der Waals surface area contributed by atoms with Gasteiger partial charge < -0.3 is 10.5 Å². The molecule has 0 aromatic rings. The van der Waals surface area contributed by atoms with E-state index in [1.54, 1.807) is 0 Å². The molecule has 0 amide bonds. The number of piperidine rings is 1. The average Bonchev–Trinajstić information content (AvgIpc) is 3.44. The predicted octanol–water partition coefficient (Wildman–Crippen LogP) is 3.54. The Labute approximate surface area is 206 Å². The van der Waals surface area contributed by atoms with Crippen LogP contribution in [0.4, 0.5) is 30.7 Å². The molecule has 1 aliphatic carbocycles. The second kappa shape index (κ2) is 10.1. The van der Waals surface area contributed by atoms with Gasteiger partial charge in [0.1, 0.15) is 24.5 Å². The highest BCUT2D eigenvalue weighted by molar-refractivity contribution is 5.03. The topological polar surface area (TPSA) is 74.6 Å². The minimum atomic E-state index is -4.71. The lowest BCUT2D eigenvalue weighted by Crippen LogP contribution is -2.70. The zero-order chi connectivity index (χ0) is 25.8. The Morgan fingerprint density at radius 3 is 2.28 bits per heavy atom. The SMILES string of the molecule is NC1CC(C(F)(F)F)C2NC1C1NNC(O1)[C@@H](C(F)(F)F)C1CC(CCC[C@H]3CCCN23)CCC1F. The third-order valence-electron chi connectivity index (χ3n) is 9.16. The molecule has 5 N–H and O–H groups in total. The fourth-order valence-corrected chi connectivity index (χ4v) is 7.40. The highest BCUT2D eigenvalue weighted by atomic mass is 19.4. The molecule has 0 aromatic carbocycles. The highest BCUT2D eigenvalue weighted by Gasteiger charge is 2.58. The lowest BCUT2D eigenvalue weighted by Gasteiger charge is -2.48. The lowest BCUT2D eigenvalue weighted by atomic mass is 9.71. The van der Waals surface area contributed by atoms with E-state index in [4.69, 9.17) is 10.5 Å². The smallest absolute Gasteiger partial charge is 0.340 e. The van der Waals surface area contributed by atoms with Crippen LogP contribution in [0.5, 0.6) is 0 Å². The van der Waals surface area contributed by atoms with Crippen molar-refractivity contribution in [2.45, 2.75) is 113 Å². The quantitative estimate of drug-likeness (QED) is 0.359. The van der Waals surface area contributed by atoms with Gasteiger partial charge in [-0.2, -0.15) is 26.3 Å². The number of nitrogens with one attached hydrogen (secondary N) is 3. The number of hydrogen-bond donors (Lipinski definition) is 4. The third kappa shape index (κ3) is 5.25. The van der Waals surface area contributed by atoms with E-state index in [1.165, 1.54) is 0 Å². The summed E-state index contributed by atoms with van der Waals surface area (Å²) in [4.78, 5) is 1.89. The van der Waals surface area contributed by atoms with Crippen LogP contribution >= 0.6 is 0 Å². The van der Waals surface area contributed by atoms with Crippen molar-refractivity contribution < 1.29 is 35.5 Å². The zero-order valence-electron chi connectivity index (χ0n) is 20.0. The van der Waals surface area contributed by atoms with Crippen molar-refractivity contribution in [2.24, 2.45) is 29.4 Å². The van der Waals surface area contributed by atoms with Crippen molar-refractivity contribution in [3.8, 4) is 0 Å². The summed E-state index contributed by atoms with van der Waals surface area (Å²) in [7, 11) is 0. The maximum atomic E-state index is 14.9. The molecule has 208 valence electrons. The number of ether oxygens (including phenoxy) is 1. The van der Waals surface area contributed by atoms with Gasteiger partial charge in [0, 0.05) is 18.0 Å². The number of hydrogen-bond acceptors (Lipinski definition) is 6. The van der Waals surface area contributed by atoms with Gasteiger partial charge >= 0.3 is 12.4 Å². The first-order valence-corrected chi connectivity index (χ1v) is 13.1. The largest absolute Gasteiger partial charge is 0.396 e. The molecule has 5 fully saturated rings. The van der Waals surface area contributed by atoms with Crippen LogP contribution in [0.3, 0.4) is 0 Å². The first kappa shape index (κ1) is 26.9. The fraction of sp³-hybridized carbons (Fsp3) is 1.00. The summed E-state index contributed by atoms with van der Waals surface area (Å²) in [5.74, 6) is -5.07. The summed E-state index contributed by atoms with van der Waals surface area (Å²) in [6.45, 7) is 0.516. The summed E-state index contributed by atoms with van der Waals surface area (Å²) < 4.78 is 106. The van der Waals surface area contributed by atoms with Crippen LogP contribution in [0.2, 0.25) is 0 Å². The first-order chi connectivity index (χ1) is 16.9. The fourth-order valence-electron chi connectivity index (χ4n) is 7.40. The van der Waals surface area contributed by atoms with Crippen LogP contribution in [0.1, 0.15) is 57.8 Å². The minimum Gasteiger partial charge on any atom is -0.340 e. The Morgan fingerprint density at radius 2 is 1.56 bits per heavy atom. The maximum absolute atomic E-state index is 14.9. The van der Waals surface area contributed by atoms with Crippen molar-refractivity contribution >= 4 is 0 Å². The van der Waals surface area contributed by atoms with Crippen molar-refractivity contribution in [2.75, 3.05) is 6.54 Å². The Bertz CT molecular complexity index is 770. The monoisotopic (exact) mass is 531 g/mol. The van der Waals surface area contributed by atoms with Gasteiger partial charge in [-0.05, 0) is 57.4 Å². The summed E-state index contributed by atoms with van der Waals surface area (Å²) in [6, 6.07) is -1.90. The van der Waals surface area contributed by atoms with Crippen LogP contribution in [0, 0.1) is 23.7 Å². The van der Waals surface area contributed by atoms with Gasteiger partial charge in [-0.25, -0.2) is 15.2 Å². The van der Waals surface area contributed by atoms with Gasteiger partial charge in [0.05, 0.1) is 18.1 Å². The molecule has 36 heavy (non-hydrogen) atoms. The molecule has 4 saturated heterocycles. The van der Waals surface area contributed by atoms with E-state index in [2.05, 4.69) is 16.2 Å².